The van der Waals surface area contributed by atoms with E-state index in [1.807, 2.05) is 26.0 Å². The molecule has 1 aromatic heterocycles. The first-order valence-corrected chi connectivity index (χ1v) is 11.1. The maximum Gasteiger partial charge on any atom is 0.289 e. The van der Waals surface area contributed by atoms with E-state index in [0.29, 0.717) is 37.5 Å². The molecule has 0 unspecified atom stereocenters. The number of furan rings is 1. The van der Waals surface area contributed by atoms with E-state index in [2.05, 4.69) is 26.1 Å². The summed E-state index contributed by atoms with van der Waals surface area (Å²) in [5, 5.41) is 2.92. The average Bonchev–Trinajstić information content (AvgIpc) is 3.30. The Labute approximate surface area is 189 Å². The van der Waals surface area contributed by atoms with Crippen molar-refractivity contribution < 1.29 is 18.8 Å². The van der Waals surface area contributed by atoms with Gasteiger partial charge in [-0.1, -0.05) is 46.8 Å². The van der Waals surface area contributed by atoms with Gasteiger partial charge < -0.3 is 19.5 Å². The van der Waals surface area contributed by atoms with Crippen LogP contribution in [0.15, 0.2) is 47.1 Å². The number of hydrogen-bond acceptors (Lipinski definition) is 4. The Bertz CT molecular complexity index is 935. The molecule has 1 N–H and O–H groups in total. The summed E-state index contributed by atoms with van der Waals surface area (Å²) in [6.45, 7) is 11.9. The van der Waals surface area contributed by atoms with Gasteiger partial charge in [0.1, 0.15) is 6.04 Å². The van der Waals surface area contributed by atoms with E-state index in [1.165, 1.54) is 6.26 Å². The van der Waals surface area contributed by atoms with Gasteiger partial charge in [0, 0.05) is 31.7 Å². The Kier molecular flexibility index (Phi) is 7.06. The first-order chi connectivity index (χ1) is 15.1. The van der Waals surface area contributed by atoms with E-state index in [-0.39, 0.29) is 29.1 Å². The molecule has 0 radical (unpaired) electrons. The maximum absolute atomic E-state index is 13.2. The summed E-state index contributed by atoms with van der Waals surface area (Å²) in [7, 11) is 0. The van der Waals surface area contributed by atoms with Crippen LogP contribution in [0.2, 0.25) is 0 Å². The van der Waals surface area contributed by atoms with Gasteiger partial charge in [0.05, 0.1) is 6.26 Å². The molecule has 1 aliphatic rings. The molecule has 1 aromatic carbocycles. The molecular formula is C25H33N3O4. The molecule has 7 nitrogen and oxygen atoms in total. The molecule has 1 atom stereocenters. The van der Waals surface area contributed by atoms with Crippen LogP contribution in [0.4, 0.5) is 0 Å². The second-order valence-electron chi connectivity index (χ2n) is 9.62. The van der Waals surface area contributed by atoms with E-state index >= 15 is 0 Å². The van der Waals surface area contributed by atoms with Gasteiger partial charge in [0.15, 0.2) is 5.76 Å². The first kappa shape index (κ1) is 23.6. The summed E-state index contributed by atoms with van der Waals surface area (Å²) < 4.78 is 5.18. The third kappa shape index (κ3) is 5.39. The van der Waals surface area contributed by atoms with Gasteiger partial charge in [-0.3, -0.25) is 14.4 Å². The summed E-state index contributed by atoms with van der Waals surface area (Å²) >= 11 is 0. The van der Waals surface area contributed by atoms with Crippen molar-refractivity contribution in [2.75, 3.05) is 26.2 Å². The molecule has 32 heavy (non-hydrogen) atoms. The number of amides is 3. The molecule has 7 heteroatoms. The molecule has 0 bridgehead atoms. The lowest BCUT2D eigenvalue weighted by Crippen LogP contribution is -2.57. The summed E-state index contributed by atoms with van der Waals surface area (Å²) in [6.07, 6.45) is 1.47. The average molecular weight is 440 g/mol. The monoisotopic (exact) mass is 439 g/mol. The van der Waals surface area contributed by atoms with Gasteiger partial charge in [-0.15, -0.1) is 0 Å². The molecule has 2 aromatic rings. The van der Waals surface area contributed by atoms with Crippen molar-refractivity contribution in [3.63, 3.8) is 0 Å². The van der Waals surface area contributed by atoms with Crippen LogP contribution in [-0.4, -0.2) is 59.7 Å². The van der Waals surface area contributed by atoms with E-state index in [4.69, 9.17) is 4.42 Å². The predicted octanol–water partition coefficient (Wildman–Crippen LogP) is 3.32. The van der Waals surface area contributed by atoms with Crippen molar-refractivity contribution in [2.45, 2.75) is 46.1 Å². The number of carbonyl (C=O) groups excluding carboxylic acids is 3. The third-order valence-corrected chi connectivity index (χ3v) is 5.84. The molecule has 3 rings (SSSR count). The van der Waals surface area contributed by atoms with E-state index in [0.717, 1.165) is 5.56 Å². The highest BCUT2D eigenvalue weighted by Crippen LogP contribution is 2.22. The molecule has 1 fully saturated rings. The largest absolute Gasteiger partial charge is 0.459 e. The van der Waals surface area contributed by atoms with Crippen molar-refractivity contribution in [1.29, 1.82) is 0 Å². The number of benzene rings is 1. The van der Waals surface area contributed by atoms with Crippen molar-refractivity contribution in [3.8, 4) is 0 Å². The summed E-state index contributed by atoms with van der Waals surface area (Å²) in [5.41, 5.74) is 1.68. The molecular weight excluding hydrogens is 406 g/mol. The molecule has 3 amide bonds. The van der Waals surface area contributed by atoms with Crippen LogP contribution < -0.4 is 5.32 Å². The zero-order valence-electron chi connectivity index (χ0n) is 19.6. The highest BCUT2D eigenvalue weighted by atomic mass is 16.3. The molecule has 0 aliphatic carbocycles. The van der Waals surface area contributed by atoms with Crippen LogP contribution in [0, 0.1) is 5.92 Å². The predicted molar refractivity (Wildman–Crippen MR) is 122 cm³/mol. The normalized spacial score (nSPS) is 15.6. The topological polar surface area (TPSA) is 82.9 Å². The van der Waals surface area contributed by atoms with Crippen LogP contribution in [-0.2, 0) is 10.2 Å². The van der Waals surface area contributed by atoms with Gasteiger partial charge in [-0.25, -0.2) is 0 Å². The van der Waals surface area contributed by atoms with Gasteiger partial charge in [0.25, 0.3) is 11.8 Å². The fourth-order valence-electron chi connectivity index (χ4n) is 3.74. The van der Waals surface area contributed by atoms with E-state index in [9.17, 15) is 14.4 Å². The van der Waals surface area contributed by atoms with Crippen molar-refractivity contribution in [3.05, 3.63) is 59.5 Å². The minimum Gasteiger partial charge on any atom is -0.459 e. The van der Waals surface area contributed by atoms with Crippen LogP contribution in [0.25, 0.3) is 0 Å². The first-order valence-electron chi connectivity index (χ1n) is 11.1. The lowest BCUT2D eigenvalue weighted by atomic mass is 9.86. The lowest BCUT2D eigenvalue weighted by molar-refractivity contribution is -0.135. The molecule has 1 aliphatic heterocycles. The number of piperazine rings is 1. The number of nitrogens with zero attached hydrogens (tertiary/aromatic N) is 2. The number of carbonyl (C=O) groups is 3. The molecule has 0 spiro atoms. The smallest absolute Gasteiger partial charge is 0.289 e. The van der Waals surface area contributed by atoms with E-state index in [1.54, 1.807) is 34.1 Å². The molecule has 0 saturated carbocycles. The fraction of sp³-hybridized carbons (Fsp3) is 0.480. The molecule has 172 valence electrons. The minimum atomic E-state index is -0.628. The minimum absolute atomic E-state index is 0.00586. The summed E-state index contributed by atoms with van der Waals surface area (Å²) in [6, 6.07) is 10.2. The Morgan fingerprint density at radius 1 is 0.938 bits per heavy atom. The number of rotatable bonds is 5. The van der Waals surface area contributed by atoms with Crippen molar-refractivity contribution in [2.24, 2.45) is 5.92 Å². The van der Waals surface area contributed by atoms with Crippen LogP contribution in [0.3, 0.4) is 0 Å². The number of nitrogens with one attached hydrogen (secondary N) is 1. The number of hydrogen-bond donors (Lipinski definition) is 1. The lowest BCUT2D eigenvalue weighted by Gasteiger charge is -2.37. The second-order valence-corrected chi connectivity index (χ2v) is 9.62. The fourth-order valence-corrected chi connectivity index (χ4v) is 3.74. The van der Waals surface area contributed by atoms with Crippen LogP contribution in [0.5, 0.6) is 0 Å². The summed E-state index contributed by atoms with van der Waals surface area (Å²) in [5.74, 6) is -0.318. The standard InChI is InChI=1S/C25H33N3O4/c1-17(2)21(26-22(29)18-8-10-19(11-9-18)25(3,4)5)24(31)28-14-12-27(13-15-28)23(30)20-7-6-16-32-20/h6-11,16-17,21H,12-15H2,1-5H3,(H,26,29)/t21-/m0/s1. The van der Waals surface area contributed by atoms with Crippen molar-refractivity contribution in [1.82, 2.24) is 15.1 Å². The highest BCUT2D eigenvalue weighted by molar-refractivity contribution is 5.97. The SMILES string of the molecule is CC(C)[C@H](NC(=O)c1ccc(C(C)(C)C)cc1)C(=O)N1CCN(C(=O)c2ccco2)CC1. The van der Waals surface area contributed by atoms with Crippen molar-refractivity contribution >= 4 is 17.7 Å². The zero-order chi connectivity index (χ0) is 23.5. The van der Waals surface area contributed by atoms with Gasteiger partial charge in [-0.05, 0) is 41.2 Å². The summed E-state index contributed by atoms with van der Waals surface area (Å²) in [4.78, 5) is 41.9. The maximum atomic E-state index is 13.2. The quantitative estimate of drug-likeness (QED) is 0.775. The van der Waals surface area contributed by atoms with Gasteiger partial charge in [0.2, 0.25) is 5.91 Å². The molecule has 1 saturated heterocycles. The van der Waals surface area contributed by atoms with Crippen LogP contribution in [0.1, 0.15) is 61.1 Å². The Balaban J connectivity index is 1.61. The third-order valence-electron chi connectivity index (χ3n) is 5.84. The van der Waals surface area contributed by atoms with Gasteiger partial charge in [-0.2, -0.15) is 0 Å². The second kappa shape index (κ2) is 9.59. The van der Waals surface area contributed by atoms with E-state index < -0.39 is 6.04 Å². The van der Waals surface area contributed by atoms with Crippen LogP contribution >= 0.6 is 0 Å². The highest BCUT2D eigenvalue weighted by Gasteiger charge is 2.32. The molecule has 2 heterocycles. The zero-order valence-corrected chi connectivity index (χ0v) is 19.6. The Morgan fingerprint density at radius 2 is 1.53 bits per heavy atom. The Morgan fingerprint density at radius 3 is 2.03 bits per heavy atom. The van der Waals surface area contributed by atoms with Gasteiger partial charge >= 0.3 is 0 Å². The Hall–Kier alpha value is -3.09.